The Kier molecular flexibility index (Phi) is 5.56. The van der Waals surface area contributed by atoms with Crippen molar-refractivity contribution >= 4 is 36.0 Å². The molecule has 0 aliphatic heterocycles. The van der Waals surface area contributed by atoms with Crippen LogP contribution in [0.5, 0.6) is 0 Å². The van der Waals surface area contributed by atoms with E-state index in [2.05, 4.69) is 17.9 Å². The summed E-state index contributed by atoms with van der Waals surface area (Å²) < 4.78 is 0. The van der Waals surface area contributed by atoms with E-state index in [0.717, 1.165) is 11.3 Å². The van der Waals surface area contributed by atoms with Crippen molar-refractivity contribution in [1.29, 1.82) is 0 Å². The van der Waals surface area contributed by atoms with Gasteiger partial charge in [0.05, 0.1) is 5.25 Å². The Morgan fingerprint density at radius 2 is 1.80 bits per heavy atom. The fourth-order valence-corrected chi connectivity index (χ4v) is 2.51. The number of carbonyl (C=O) groups is 1. The maximum absolute atomic E-state index is 12.1. The summed E-state index contributed by atoms with van der Waals surface area (Å²) in [4.78, 5) is 13.3. The van der Waals surface area contributed by atoms with Crippen LogP contribution in [0.2, 0.25) is 0 Å². The summed E-state index contributed by atoms with van der Waals surface area (Å²) in [6.07, 6.45) is 2.65. The second-order valence-electron chi connectivity index (χ2n) is 4.42. The quantitative estimate of drug-likeness (QED) is 0.648. The van der Waals surface area contributed by atoms with Crippen molar-refractivity contribution in [2.75, 3.05) is 11.6 Å². The van der Waals surface area contributed by atoms with Crippen LogP contribution < -0.4 is 5.32 Å². The molecule has 0 aromatic heterocycles. The molecule has 2 aromatic rings. The molecule has 0 fully saturated rings. The van der Waals surface area contributed by atoms with Crippen LogP contribution in [0.25, 0.3) is 0 Å². The number of benzene rings is 2. The van der Waals surface area contributed by atoms with Gasteiger partial charge in [-0.3, -0.25) is 4.79 Å². The van der Waals surface area contributed by atoms with Crippen LogP contribution in [-0.4, -0.2) is 17.4 Å². The van der Waals surface area contributed by atoms with Gasteiger partial charge in [0.1, 0.15) is 0 Å². The van der Waals surface area contributed by atoms with Crippen LogP contribution in [0.3, 0.4) is 0 Å². The summed E-state index contributed by atoms with van der Waals surface area (Å²) in [5.74, 6) is -0.0749. The lowest BCUT2D eigenvalue weighted by atomic mass is 10.1. The Labute approximate surface area is 129 Å². The first kappa shape index (κ1) is 15.0. The lowest BCUT2D eigenvalue weighted by molar-refractivity contribution is -0.115. The Morgan fingerprint density at radius 3 is 2.40 bits per heavy atom. The number of thiol groups is 1. The average Bonchev–Trinajstić information content (AvgIpc) is 2.49. The zero-order valence-electron chi connectivity index (χ0n) is 11.2. The smallest absolute Gasteiger partial charge is 0.237 e. The van der Waals surface area contributed by atoms with E-state index in [1.54, 1.807) is 11.8 Å². The van der Waals surface area contributed by atoms with E-state index in [9.17, 15) is 4.79 Å². The van der Waals surface area contributed by atoms with E-state index < -0.39 is 0 Å². The van der Waals surface area contributed by atoms with Gasteiger partial charge in [-0.1, -0.05) is 30.3 Å². The molecular weight excluding hydrogens is 286 g/mol. The molecule has 4 heteroatoms. The van der Waals surface area contributed by atoms with Crippen LogP contribution in [0.15, 0.2) is 59.5 Å². The predicted molar refractivity (Wildman–Crippen MR) is 89.8 cm³/mol. The maximum atomic E-state index is 12.1. The van der Waals surface area contributed by atoms with E-state index in [1.807, 2.05) is 60.9 Å². The molecule has 2 rings (SSSR count). The summed E-state index contributed by atoms with van der Waals surface area (Å²) in [5, 5.41) is 2.54. The first-order valence-electron chi connectivity index (χ1n) is 6.36. The summed E-state index contributed by atoms with van der Waals surface area (Å²) in [7, 11) is 0. The Morgan fingerprint density at radius 1 is 1.15 bits per heavy atom. The number of amides is 1. The second-order valence-corrected chi connectivity index (χ2v) is 5.93. The molecule has 0 radical (unpaired) electrons. The standard InChI is InChI=1S/C16H17NOS2/c1-20-14-9-7-13(8-10-14)17-16(18)15(19)11-12-5-3-2-4-6-12/h2-10,15,19H,11H2,1H3,(H,17,18). The van der Waals surface area contributed by atoms with Gasteiger partial charge in [-0.2, -0.15) is 12.6 Å². The van der Waals surface area contributed by atoms with Crippen LogP contribution in [0.4, 0.5) is 5.69 Å². The van der Waals surface area contributed by atoms with E-state index in [-0.39, 0.29) is 11.2 Å². The van der Waals surface area contributed by atoms with Crippen molar-refractivity contribution in [3.8, 4) is 0 Å². The summed E-state index contributed by atoms with van der Waals surface area (Å²) in [6.45, 7) is 0. The molecule has 1 N–H and O–H groups in total. The number of hydrogen-bond donors (Lipinski definition) is 2. The van der Waals surface area contributed by atoms with Gasteiger partial charge in [0, 0.05) is 10.6 Å². The summed E-state index contributed by atoms with van der Waals surface area (Å²) in [5.41, 5.74) is 1.92. The first-order chi connectivity index (χ1) is 9.69. The third kappa shape index (κ3) is 4.32. The Balaban J connectivity index is 1.93. The predicted octanol–water partition coefficient (Wildman–Crippen LogP) is 3.89. The molecule has 0 spiro atoms. The average molecular weight is 303 g/mol. The van der Waals surface area contributed by atoms with Gasteiger partial charge in [-0.25, -0.2) is 0 Å². The van der Waals surface area contributed by atoms with E-state index in [4.69, 9.17) is 0 Å². The molecule has 20 heavy (non-hydrogen) atoms. The van der Waals surface area contributed by atoms with Gasteiger partial charge < -0.3 is 5.32 Å². The number of hydrogen-bond acceptors (Lipinski definition) is 3. The third-order valence-electron chi connectivity index (χ3n) is 2.93. The zero-order chi connectivity index (χ0) is 14.4. The van der Waals surface area contributed by atoms with Crippen LogP contribution in [-0.2, 0) is 11.2 Å². The minimum absolute atomic E-state index is 0.0749. The summed E-state index contributed by atoms with van der Waals surface area (Å²) >= 11 is 6.07. The molecule has 0 aliphatic rings. The van der Waals surface area contributed by atoms with Crippen molar-refractivity contribution in [2.24, 2.45) is 0 Å². The minimum atomic E-state index is -0.349. The number of carbonyl (C=O) groups excluding carboxylic acids is 1. The normalized spacial score (nSPS) is 11.9. The molecule has 0 saturated heterocycles. The summed E-state index contributed by atoms with van der Waals surface area (Å²) in [6, 6.07) is 17.7. The van der Waals surface area contributed by atoms with Crippen LogP contribution in [0, 0.1) is 0 Å². The molecule has 1 amide bonds. The second kappa shape index (κ2) is 7.41. The minimum Gasteiger partial charge on any atom is -0.325 e. The highest BCUT2D eigenvalue weighted by Crippen LogP contribution is 2.18. The first-order valence-corrected chi connectivity index (χ1v) is 8.10. The van der Waals surface area contributed by atoms with Crippen molar-refractivity contribution in [3.63, 3.8) is 0 Å². The van der Waals surface area contributed by atoms with E-state index in [0.29, 0.717) is 6.42 Å². The van der Waals surface area contributed by atoms with Crippen molar-refractivity contribution in [2.45, 2.75) is 16.6 Å². The van der Waals surface area contributed by atoms with E-state index in [1.165, 1.54) is 4.90 Å². The lowest BCUT2D eigenvalue weighted by Crippen LogP contribution is -2.25. The van der Waals surface area contributed by atoms with Gasteiger partial charge in [-0.15, -0.1) is 11.8 Å². The third-order valence-corrected chi connectivity index (χ3v) is 4.09. The molecule has 0 aliphatic carbocycles. The monoisotopic (exact) mass is 303 g/mol. The van der Waals surface area contributed by atoms with Crippen molar-refractivity contribution in [3.05, 3.63) is 60.2 Å². The fraction of sp³-hybridized carbons (Fsp3) is 0.188. The van der Waals surface area contributed by atoms with Crippen LogP contribution in [0.1, 0.15) is 5.56 Å². The molecular formula is C16H17NOS2. The molecule has 104 valence electrons. The largest absolute Gasteiger partial charge is 0.325 e. The highest BCUT2D eigenvalue weighted by Gasteiger charge is 2.14. The van der Waals surface area contributed by atoms with Gasteiger partial charge in [0.2, 0.25) is 5.91 Å². The fourth-order valence-electron chi connectivity index (χ4n) is 1.83. The van der Waals surface area contributed by atoms with E-state index >= 15 is 0 Å². The SMILES string of the molecule is CSc1ccc(NC(=O)C(S)Cc2ccccc2)cc1. The molecule has 0 saturated carbocycles. The lowest BCUT2D eigenvalue weighted by Gasteiger charge is -2.12. The zero-order valence-corrected chi connectivity index (χ0v) is 13.0. The van der Waals surface area contributed by atoms with Crippen LogP contribution >= 0.6 is 24.4 Å². The molecule has 2 aromatic carbocycles. The van der Waals surface area contributed by atoms with Crippen molar-refractivity contribution < 1.29 is 4.79 Å². The molecule has 1 atom stereocenters. The molecule has 1 unspecified atom stereocenters. The number of nitrogens with one attached hydrogen (secondary N) is 1. The maximum Gasteiger partial charge on any atom is 0.237 e. The van der Waals surface area contributed by atoms with Gasteiger partial charge in [0.15, 0.2) is 0 Å². The molecule has 0 heterocycles. The molecule has 0 bridgehead atoms. The highest BCUT2D eigenvalue weighted by atomic mass is 32.2. The number of thioether (sulfide) groups is 1. The van der Waals surface area contributed by atoms with Gasteiger partial charge in [-0.05, 0) is 42.5 Å². The van der Waals surface area contributed by atoms with Gasteiger partial charge in [0.25, 0.3) is 0 Å². The number of rotatable bonds is 5. The Hall–Kier alpha value is -1.39. The highest BCUT2D eigenvalue weighted by molar-refractivity contribution is 7.98. The molecule has 2 nitrogen and oxygen atoms in total. The number of anilines is 1. The van der Waals surface area contributed by atoms with Gasteiger partial charge >= 0.3 is 0 Å². The topological polar surface area (TPSA) is 29.1 Å². The Bertz CT molecular complexity index is 554. The van der Waals surface area contributed by atoms with Crippen molar-refractivity contribution in [1.82, 2.24) is 0 Å².